The second kappa shape index (κ2) is 5.91. The molecule has 0 saturated carbocycles. The second-order valence-corrected chi connectivity index (χ2v) is 6.03. The molecule has 1 aromatic rings. The minimum atomic E-state index is -0.404. The van der Waals surface area contributed by atoms with Gasteiger partial charge >= 0.3 is 0 Å². The van der Waals surface area contributed by atoms with Gasteiger partial charge in [0.25, 0.3) is 0 Å². The van der Waals surface area contributed by atoms with Gasteiger partial charge in [0.1, 0.15) is 5.82 Å². The maximum atomic E-state index is 13.7. The van der Waals surface area contributed by atoms with Crippen molar-refractivity contribution in [2.45, 2.75) is 26.7 Å². The van der Waals surface area contributed by atoms with Crippen molar-refractivity contribution >= 4 is 17.5 Å². The van der Waals surface area contributed by atoms with E-state index < -0.39 is 5.82 Å². The Morgan fingerprint density at radius 1 is 1.37 bits per heavy atom. The number of likely N-dealkylation sites (tertiary alicyclic amines) is 1. The van der Waals surface area contributed by atoms with E-state index >= 15 is 0 Å². The zero-order valence-electron chi connectivity index (χ0n) is 11.3. The first-order chi connectivity index (χ1) is 8.97. The van der Waals surface area contributed by atoms with Gasteiger partial charge in [0, 0.05) is 23.7 Å². The molecular formula is C15H19ClFNO. The van der Waals surface area contributed by atoms with Crippen LogP contribution in [0.3, 0.4) is 0 Å². The molecule has 1 heterocycles. The lowest BCUT2D eigenvalue weighted by Gasteiger charge is -2.35. The van der Waals surface area contributed by atoms with Crippen LogP contribution >= 0.6 is 11.6 Å². The van der Waals surface area contributed by atoms with Crippen molar-refractivity contribution in [3.63, 3.8) is 0 Å². The lowest BCUT2D eigenvalue weighted by molar-refractivity contribution is -0.133. The number of halogens is 2. The van der Waals surface area contributed by atoms with Crippen LogP contribution in [0.2, 0.25) is 5.02 Å². The van der Waals surface area contributed by atoms with E-state index in [9.17, 15) is 9.18 Å². The van der Waals surface area contributed by atoms with Crippen LogP contribution in [0, 0.1) is 17.7 Å². The fourth-order valence-electron chi connectivity index (χ4n) is 2.83. The van der Waals surface area contributed by atoms with Gasteiger partial charge in [0.05, 0.1) is 6.42 Å². The number of carbonyl (C=O) groups excluding carboxylic acids is 1. The molecule has 0 radical (unpaired) electrons. The summed E-state index contributed by atoms with van der Waals surface area (Å²) in [5, 5.41) is 0.325. The summed E-state index contributed by atoms with van der Waals surface area (Å²) in [6.45, 7) is 5.81. The molecule has 0 spiro atoms. The van der Waals surface area contributed by atoms with Gasteiger partial charge in [-0.25, -0.2) is 4.39 Å². The van der Waals surface area contributed by atoms with Crippen molar-refractivity contribution in [3.05, 3.63) is 34.6 Å². The van der Waals surface area contributed by atoms with Gasteiger partial charge < -0.3 is 4.90 Å². The van der Waals surface area contributed by atoms with Gasteiger partial charge in [-0.1, -0.05) is 31.5 Å². The normalized spacial score (nSPS) is 23.5. The van der Waals surface area contributed by atoms with Crippen LogP contribution in [0.5, 0.6) is 0 Å². The summed E-state index contributed by atoms with van der Waals surface area (Å²) in [7, 11) is 0. The van der Waals surface area contributed by atoms with Gasteiger partial charge in [0.2, 0.25) is 5.91 Å². The van der Waals surface area contributed by atoms with Crippen molar-refractivity contribution in [2.24, 2.45) is 11.8 Å². The highest BCUT2D eigenvalue weighted by atomic mass is 35.5. The number of piperidine rings is 1. The first-order valence-corrected chi connectivity index (χ1v) is 7.05. The van der Waals surface area contributed by atoms with Crippen LogP contribution in [0.4, 0.5) is 4.39 Å². The van der Waals surface area contributed by atoms with E-state index in [1.807, 2.05) is 4.90 Å². The molecule has 19 heavy (non-hydrogen) atoms. The van der Waals surface area contributed by atoms with Gasteiger partial charge in [-0.2, -0.15) is 0 Å². The number of hydrogen-bond acceptors (Lipinski definition) is 1. The highest BCUT2D eigenvalue weighted by Crippen LogP contribution is 2.24. The van der Waals surface area contributed by atoms with Crippen molar-refractivity contribution in [1.29, 1.82) is 0 Å². The predicted octanol–water partition coefficient (Wildman–Crippen LogP) is 3.53. The zero-order chi connectivity index (χ0) is 14.0. The molecule has 0 bridgehead atoms. The summed E-state index contributed by atoms with van der Waals surface area (Å²) in [6.07, 6.45) is 1.19. The molecule has 2 rings (SSSR count). The first kappa shape index (κ1) is 14.3. The van der Waals surface area contributed by atoms with Crippen LogP contribution in [0.25, 0.3) is 0 Å². The van der Waals surface area contributed by atoms with Crippen LogP contribution in [-0.2, 0) is 11.2 Å². The van der Waals surface area contributed by atoms with Crippen molar-refractivity contribution in [1.82, 2.24) is 4.90 Å². The molecule has 1 amide bonds. The Kier molecular flexibility index (Phi) is 4.46. The van der Waals surface area contributed by atoms with Gasteiger partial charge in [-0.15, -0.1) is 0 Å². The molecule has 0 N–H and O–H groups in total. The van der Waals surface area contributed by atoms with Crippen molar-refractivity contribution in [2.75, 3.05) is 13.1 Å². The largest absolute Gasteiger partial charge is 0.342 e. The van der Waals surface area contributed by atoms with Crippen LogP contribution in [-0.4, -0.2) is 23.9 Å². The van der Waals surface area contributed by atoms with E-state index in [4.69, 9.17) is 11.6 Å². The van der Waals surface area contributed by atoms with Gasteiger partial charge in [0.15, 0.2) is 0 Å². The third-order valence-electron chi connectivity index (χ3n) is 3.61. The highest BCUT2D eigenvalue weighted by Gasteiger charge is 2.26. The smallest absolute Gasteiger partial charge is 0.227 e. The topological polar surface area (TPSA) is 20.3 Å². The Balaban J connectivity index is 2.08. The summed E-state index contributed by atoms with van der Waals surface area (Å²) in [4.78, 5) is 14.1. The molecule has 1 saturated heterocycles. The lowest BCUT2D eigenvalue weighted by atomic mass is 9.91. The molecule has 1 fully saturated rings. The molecular weight excluding hydrogens is 265 g/mol. The highest BCUT2D eigenvalue weighted by molar-refractivity contribution is 6.31. The Hall–Kier alpha value is -1.09. The Morgan fingerprint density at radius 3 is 2.58 bits per heavy atom. The number of nitrogens with zero attached hydrogens (tertiary/aromatic N) is 1. The Morgan fingerprint density at radius 2 is 2.00 bits per heavy atom. The average Bonchev–Trinajstić information content (AvgIpc) is 2.32. The van der Waals surface area contributed by atoms with Crippen LogP contribution in [0.15, 0.2) is 18.2 Å². The van der Waals surface area contributed by atoms with E-state index in [-0.39, 0.29) is 12.3 Å². The SMILES string of the molecule is CC1CC(C)CN(C(=O)Cc2c(F)cccc2Cl)C1. The Labute approximate surface area is 118 Å². The number of benzene rings is 1. The number of rotatable bonds is 2. The quantitative estimate of drug-likeness (QED) is 0.813. The van der Waals surface area contributed by atoms with Crippen molar-refractivity contribution in [3.8, 4) is 0 Å². The van der Waals surface area contributed by atoms with Crippen LogP contribution in [0.1, 0.15) is 25.8 Å². The minimum Gasteiger partial charge on any atom is -0.342 e. The molecule has 1 aromatic carbocycles. The summed E-state index contributed by atoms with van der Waals surface area (Å²) in [6, 6.07) is 4.52. The number of hydrogen-bond donors (Lipinski definition) is 0. The van der Waals surface area contributed by atoms with Gasteiger partial charge in [-0.3, -0.25) is 4.79 Å². The van der Waals surface area contributed by atoms with E-state index in [1.165, 1.54) is 6.07 Å². The second-order valence-electron chi connectivity index (χ2n) is 5.62. The first-order valence-electron chi connectivity index (χ1n) is 6.68. The molecule has 2 nitrogen and oxygen atoms in total. The summed E-state index contributed by atoms with van der Waals surface area (Å²) in [5.74, 6) is 0.567. The van der Waals surface area contributed by atoms with E-state index in [0.29, 0.717) is 22.4 Å². The number of amides is 1. The molecule has 2 unspecified atom stereocenters. The fraction of sp³-hybridized carbons (Fsp3) is 0.533. The molecule has 2 atom stereocenters. The maximum Gasteiger partial charge on any atom is 0.227 e. The van der Waals surface area contributed by atoms with E-state index in [1.54, 1.807) is 12.1 Å². The molecule has 104 valence electrons. The molecule has 0 aromatic heterocycles. The average molecular weight is 284 g/mol. The maximum absolute atomic E-state index is 13.7. The fourth-order valence-corrected chi connectivity index (χ4v) is 3.06. The minimum absolute atomic E-state index is 0.0367. The number of carbonyl (C=O) groups is 1. The van der Waals surface area contributed by atoms with Crippen LogP contribution < -0.4 is 0 Å². The van der Waals surface area contributed by atoms with Crippen molar-refractivity contribution < 1.29 is 9.18 Å². The summed E-state index contributed by atoms with van der Waals surface area (Å²) < 4.78 is 13.7. The standard InChI is InChI=1S/C15H19ClFNO/c1-10-6-11(2)9-18(8-10)15(19)7-12-13(16)4-3-5-14(12)17/h3-5,10-11H,6-9H2,1-2H3. The van der Waals surface area contributed by atoms with E-state index in [0.717, 1.165) is 19.5 Å². The monoisotopic (exact) mass is 283 g/mol. The van der Waals surface area contributed by atoms with E-state index in [2.05, 4.69) is 13.8 Å². The summed E-state index contributed by atoms with van der Waals surface area (Å²) in [5.41, 5.74) is 0.306. The van der Waals surface area contributed by atoms with Gasteiger partial charge in [-0.05, 0) is 30.4 Å². The third-order valence-corrected chi connectivity index (χ3v) is 3.97. The summed E-state index contributed by atoms with van der Waals surface area (Å²) >= 11 is 5.96. The molecule has 0 aliphatic carbocycles. The molecule has 1 aliphatic rings. The lowest BCUT2D eigenvalue weighted by Crippen LogP contribution is -2.43. The zero-order valence-corrected chi connectivity index (χ0v) is 12.1. The predicted molar refractivity (Wildman–Crippen MR) is 74.6 cm³/mol. The third kappa shape index (κ3) is 3.47. The molecule has 1 aliphatic heterocycles. The Bertz CT molecular complexity index is 447. The molecule has 4 heteroatoms.